The van der Waals surface area contributed by atoms with Gasteiger partial charge in [0.2, 0.25) is 0 Å². The van der Waals surface area contributed by atoms with Gasteiger partial charge in [-0.05, 0) is 18.2 Å². The van der Waals surface area contributed by atoms with Crippen LogP contribution in [0.3, 0.4) is 0 Å². The molecule has 1 nitrogen and oxygen atoms in total. The molecule has 0 spiro atoms. The number of hydrogen-bond donors (Lipinski definition) is 2. The van der Waals surface area contributed by atoms with Crippen LogP contribution in [0.5, 0.6) is 0 Å². The van der Waals surface area contributed by atoms with Crippen LogP contribution in [0.2, 0.25) is 0 Å². The lowest BCUT2D eigenvalue weighted by Crippen LogP contribution is -2.20. The fourth-order valence-corrected chi connectivity index (χ4v) is 1.07. The smallest absolute Gasteiger partial charge is 0.297 e. The fourth-order valence-electron chi connectivity index (χ4n) is 0.810. The Morgan fingerprint density at radius 1 is 1.15 bits per heavy atom. The molecule has 0 atom stereocenters. The number of nitrogens with one attached hydrogen (secondary N) is 1. The van der Waals surface area contributed by atoms with Gasteiger partial charge in [0, 0.05) is 10.6 Å². The molecule has 72 valence electrons. The van der Waals surface area contributed by atoms with Gasteiger partial charge < -0.3 is 0 Å². The summed E-state index contributed by atoms with van der Waals surface area (Å²) < 4.78 is 47.8. The van der Waals surface area contributed by atoms with Gasteiger partial charge in [0.25, 0.3) is 0 Å². The molecule has 1 aromatic rings. The predicted molar refractivity (Wildman–Crippen MR) is 43.3 cm³/mol. The third-order valence-corrected chi connectivity index (χ3v) is 1.43. The van der Waals surface area contributed by atoms with Crippen molar-refractivity contribution in [1.29, 1.82) is 0 Å². The first-order chi connectivity index (χ1) is 5.87. The number of halogens is 4. The van der Waals surface area contributed by atoms with E-state index in [1.807, 2.05) is 0 Å². The van der Waals surface area contributed by atoms with Crippen molar-refractivity contribution in [3.63, 3.8) is 0 Å². The minimum absolute atomic E-state index is 0.131. The first kappa shape index (κ1) is 10.2. The van der Waals surface area contributed by atoms with Crippen LogP contribution in [-0.2, 0) is 0 Å². The van der Waals surface area contributed by atoms with Crippen molar-refractivity contribution >= 4 is 18.3 Å². The number of benzene rings is 1. The topological polar surface area (TPSA) is 12.0 Å². The summed E-state index contributed by atoms with van der Waals surface area (Å²) in [5, 5.41) is 1.17. The van der Waals surface area contributed by atoms with Crippen LogP contribution in [0.4, 0.5) is 23.2 Å². The predicted octanol–water partition coefficient (Wildman–Crippen LogP) is 3.05. The van der Waals surface area contributed by atoms with Gasteiger partial charge in [-0.2, -0.15) is 13.2 Å². The third-order valence-electron chi connectivity index (χ3n) is 1.17. The molecule has 0 aliphatic carbocycles. The SMILES string of the molecule is Fc1cc(S)cc(NC(F)(F)F)c1. The lowest BCUT2D eigenvalue weighted by Gasteiger charge is -2.09. The van der Waals surface area contributed by atoms with E-state index in [4.69, 9.17) is 0 Å². The summed E-state index contributed by atoms with van der Waals surface area (Å²) in [7, 11) is 0. The highest BCUT2D eigenvalue weighted by molar-refractivity contribution is 7.80. The summed E-state index contributed by atoms with van der Waals surface area (Å²) in [6.45, 7) is 0. The summed E-state index contributed by atoms with van der Waals surface area (Å²) in [5.41, 5.74) is -0.363. The molecule has 1 N–H and O–H groups in total. The van der Waals surface area contributed by atoms with E-state index in [2.05, 4.69) is 12.6 Å². The zero-order valence-electron chi connectivity index (χ0n) is 6.19. The van der Waals surface area contributed by atoms with Crippen molar-refractivity contribution in [2.24, 2.45) is 0 Å². The van der Waals surface area contributed by atoms with Gasteiger partial charge in [0.05, 0.1) is 0 Å². The van der Waals surface area contributed by atoms with Crippen molar-refractivity contribution in [2.45, 2.75) is 11.2 Å². The van der Waals surface area contributed by atoms with Crippen molar-refractivity contribution in [2.75, 3.05) is 5.32 Å². The van der Waals surface area contributed by atoms with Gasteiger partial charge in [-0.15, -0.1) is 12.6 Å². The average Bonchev–Trinajstić information content (AvgIpc) is 1.78. The van der Waals surface area contributed by atoms with Gasteiger partial charge in [-0.1, -0.05) is 0 Å². The molecule has 0 heterocycles. The van der Waals surface area contributed by atoms with E-state index in [-0.39, 0.29) is 10.6 Å². The molecule has 1 rings (SSSR count). The second-order valence-electron chi connectivity index (χ2n) is 2.32. The van der Waals surface area contributed by atoms with Gasteiger partial charge in [0.1, 0.15) is 5.82 Å². The molecule has 6 heteroatoms. The zero-order valence-corrected chi connectivity index (χ0v) is 7.09. The minimum atomic E-state index is -4.56. The molecule has 0 aliphatic rings. The summed E-state index contributed by atoms with van der Waals surface area (Å²) in [6, 6.07) is 2.84. The van der Waals surface area contributed by atoms with Gasteiger partial charge in [-0.25, -0.2) is 4.39 Å². The van der Waals surface area contributed by atoms with Gasteiger partial charge in [0.15, 0.2) is 0 Å². The van der Waals surface area contributed by atoms with Crippen molar-refractivity contribution in [1.82, 2.24) is 0 Å². The zero-order chi connectivity index (χ0) is 10.1. The maximum atomic E-state index is 12.5. The molecule has 0 unspecified atom stereocenters. The van der Waals surface area contributed by atoms with Gasteiger partial charge >= 0.3 is 6.30 Å². The molecular formula is C7H5F4NS. The Bertz CT molecular complexity index is 290. The van der Waals surface area contributed by atoms with Crippen LogP contribution in [-0.4, -0.2) is 6.30 Å². The monoisotopic (exact) mass is 211 g/mol. The lowest BCUT2D eigenvalue weighted by atomic mass is 10.3. The Kier molecular flexibility index (Phi) is 2.70. The number of anilines is 1. The van der Waals surface area contributed by atoms with E-state index in [0.717, 1.165) is 18.2 Å². The van der Waals surface area contributed by atoms with E-state index in [1.165, 1.54) is 5.32 Å². The highest BCUT2D eigenvalue weighted by atomic mass is 32.1. The fraction of sp³-hybridized carbons (Fsp3) is 0.143. The molecule has 0 bridgehead atoms. The maximum Gasteiger partial charge on any atom is 0.482 e. The molecule has 0 aromatic heterocycles. The number of rotatable bonds is 1. The molecular weight excluding hydrogens is 206 g/mol. The van der Waals surface area contributed by atoms with Crippen molar-refractivity contribution in [3.8, 4) is 0 Å². The standard InChI is InChI=1S/C7H5F4NS/c8-4-1-5(3-6(13)2-4)12-7(9,10)11/h1-3,12-13H. The molecule has 0 aliphatic heterocycles. The van der Waals surface area contributed by atoms with E-state index in [9.17, 15) is 17.6 Å². The number of alkyl halides is 3. The normalized spacial score (nSPS) is 11.5. The Labute approximate surface area is 77.2 Å². The minimum Gasteiger partial charge on any atom is -0.297 e. The van der Waals surface area contributed by atoms with E-state index in [0.29, 0.717) is 0 Å². The lowest BCUT2D eigenvalue weighted by molar-refractivity contribution is -0.0999. The van der Waals surface area contributed by atoms with E-state index < -0.39 is 12.1 Å². The second-order valence-corrected chi connectivity index (χ2v) is 2.84. The number of hydrogen-bond acceptors (Lipinski definition) is 2. The summed E-state index contributed by atoms with van der Waals surface area (Å²) in [6.07, 6.45) is -4.56. The number of thiol groups is 1. The first-order valence-electron chi connectivity index (χ1n) is 3.21. The van der Waals surface area contributed by atoms with Crippen LogP contribution >= 0.6 is 12.6 Å². The quantitative estimate of drug-likeness (QED) is 0.413. The van der Waals surface area contributed by atoms with Gasteiger partial charge in [-0.3, -0.25) is 5.32 Å². The Morgan fingerprint density at radius 3 is 2.23 bits per heavy atom. The van der Waals surface area contributed by atoms with E-state index in [1.54, 1.807) is 0 Å². The Hall–Kier alpha value is -0.910. The Balaban J connectivity index is 2.90. The Morgan fingerprint density at radius 2 is 1.77 bits per heavy atom. The average molecular weight is 211 g/mol. The highest BCUT2D eigenvalue weighted by Crippen LogP contribution is 2.22. The summed E-state index contributed by atoms with van der Waals surface area (Å²) in [5.74, 6) is -0.765. The molecule has 0 saturated heterocycles. The second kappa shape index (κ2) is 3.45. The maximum absolute atomic E-state index is 12.5. The van der Waals surface area contributed by atoms with Crippen LogP contribution in [0.15, 0.2) is 23.1 Å². The summed E-state index contributed by atoms with van der Waals surface area (Å²) in [4.78, 5) is 0.131. The summed E-state index contributed by atoms with van der Waals surface area (Å²) >= 11 is 3.73. The molecule has 1 aromatic carbocycles. The van der Waals surface area contributed by atoms with Crippen molar-refractivity contribution < 1.29 is 17.6 Å². The molecule has 0 amide bonds. The largest absolute Gasteiger partial charge is 0.482 e. The van der Waals surface area contributed by atoms with Crippen LogP contribution in [0, 0.1) is 5.82 Å². The van der Waals surface area contributed by atoms with Crippen LogP contribution < -0.4 is 5.32 Å². The van der Waals surface area contributed by atoms with E-state index >= 15 is 0 Å². The van der Waals surface area contributed by atoms with Crippen LogP contribution in [0.25, 0.3) is 0 Å². The van der Waals surface area contributed by atoms with Crippen LogP contribution in [0.1, 0.15) is 0 Å². The molecule has 0 fully saturated rings. The first-order valence-corrected chi connectivity index (χ1v) is 3.66. The molecule has 13 heavy (non-hydrogen) atoms. The third kappa shape index (κ3) is 3.54. The highest BCUT2D eigenvalue weighted by Gasteiger charge is 2.27. The molecule has 0 radical (unpaired) electrons. The molecule has 0 saturated carbocycles. The van der Waals surface area contributed by atoms with Crippen molar-refractivity contribution in [3.05, 3.63) is 24.0 Å².